The van der Waals surface area contributed by atoms with Gasteiger partial charge in [0, 0.05) is 30.0 Å². The van der Waals surface area contributed by atoms with E-state index in [1.165, 1.54) is 18.2 Å². The highest BCUT2D eigenvalue weighted by Crippen LogP contribution is 2.19. The molecule has 0 saturated heterocycles. The average molecular weight is 337 g/mol. The third-order valence-corrected chi connectivity index (χ3v) is 3.75. The number of carbonyl (C=O) groups excluding carboxylic acids is 1. The van der Waals surface area contributed by atoms with Crippen molar-refractivity contribution in [2.24, 2.45) is 0 Å². The first kappa shape index (κ1) is 17.2. The molecule has 0 aliphatic carbocycles. The monoisotopic (exact) mass is 336 g/mol. The summed E-state index contributed by atoms with van der Waals surface area (Å²) < 4.78 is 13.0. The standard InChI is InChI=1S/C17H18ClFN2O2/c1-21(8-9-22)15-6-4-14(5-7-15)20-17(23)10-12-2-3-13(19)11-16(12)18/h2-7,11,22H,8-10H2,1H3,(H,20,23). The summed E-state index contributed by atoms with van der Waals surface area (Å²) in [5.41, 5.74) is 2.18. The van der Waals surface area contributed by atoms with Gasteiger partial charge in [0.15, 0.2) is 0 Å². The summed E-state index contributed by atoms with van der Waals surface area (Å²) in [7, 11) is 1.88. The number of halogens is 2. The van der Waals surface area contributed by atoms with E-state index in [-0.39, 0.29) is 24.0 Å². The van der Waals surface area contributed by atoms with E-state index in [9.17, 15) is 9.18 Å². The van der Waals surface area contributed by atoms with Crippen molar-refractivity contribution in [3.8, 4) is 0 Å². The number of nitrogens with zero attached hydrogens (tertiary/aromatic N) is 1. The van der Waals surface area contributed by atoms with Crippen molar-refractivity contribution in [2.45, 2.75) is 6.42 Å². The molecule has 6 heteroatoms. The van der Waals surface area contributed by atoms with Crippen molar-refractivity contribution < 1.29 is 14.3 Å². The summed E-state index contributed by atoms with van der Waals surface area (Å²) >= 11 is 5.92. The first-order valence-electron chi connectivity index (χ1n) is 7.15. The molecule has 1 amide bonds. The molecular formula is C17H18ClFN2O2. The minimum Gasteiger partial charge on any atom is -0.395 e. The van der Waals surface area contributed by atoms with Crippen molar-refractivity contribution in [1.82, 2.24) is 0 Å². The maximum atomic E-state index is 13.0. The van der Waals surface area contributed by atoms with Crippen LogP contribution in [0.25, 0.3) is 0 Å². The molecule has 2 N–H and O–H groups in total. The van der Waals surface area contributed by atoms with Gasteiger partial charge in [0.05, 0.1) is 13.0 Å². The Morgan fingerprint density at radius 2 is 1.96 bits per heavy atom. The maximum absolute atomic E-state index is 13.0. The summed E-state index contributed by atoms with van der Waals surface area (Å²) in [5.74, 6) is -0.656. The third kappa shape index (κ3) is 4.94. The summed E-state index contributed by atoms with van der Waals surface area (Å²) in [6.07, 6.45) is 0.0747. The fourth-order valence-corrected chi connectivity index (χ4v) is 2.36. The first-order valence-corrected chi connectivity index (χ1v) is 7.53. The van der Waals surface area contributed by atoms with E-state index in [0.717, 1.165) is 5.69 Å². The molecule has 2 rings (SSSR count). The van der Waals surface area contributed by atoms with Crippen molar-refractivity contribution in [3.05, 3.63) is 58.9 Å². The van der Waals surface area contributed by atoms with Crippen LogP contribution < -0.4 is 10.2 Å². The zero-order valence-corrected chi connectivity index (χ0v) is 13.5. The predicted octanol–water partition coefficient (Wildman–Crippen LogP) is 3.09. The number of rotatable bonds is 6. The van der Waals surface area contributed by atoms with Crippen LogP contribution in [0, 0.1) is 5.82 Å². The number of aliphatic hydroxyl groups excluding tert-OH is 1. The molecule has 4 nitrogen and oxygen atoms in total. The molecule has 23 heavy (non-hydrogen) atoms. The number of carbonyl (C=O) groups is 1. The van der Waals surface area contributed by atoms with Crippen LogP contribution in [0.2, 0.25) is 5.02 Å². The van der Waals surface area contributed by atoms with E-state index in [1.807, 2.05) is 24.1 Å². The van der Waals surface area contributed by atoms with Gasteiger partial charge in [-0.15, -0.1) is 0 Å². The highest BCUT2D eigenvalue weighted by molar-refractivity contribution is 6.31. The van der Waals surface area contributed by atoms with E-state index in [4.69, 9.17) is 16.7 Å². The molecule has 0 atom stereocenters. The van der Waals surface area contributed by atoms with Crippen LogP contribution in [0.5, 0.6) is 0 Å². The van der Waals surface area contributed by atoms with Gasteiger partial charge in [0.2, 0.25) is 5.91 Å². The fraction of sp³-hybridized carbons (Fsp3) is 0.235. The van der Waals surface area contributed by atoms with Gasteiger partial charge < -0.3 is 15.3 Å². The largest absolute Gasteiger partial charge is 0.395 e. The van der Waals surface area contributed by atoms with Gasteiger partial charge in [-0.1, -0.05) is 17.7 Å². The van der Waals surface area contributed by atoms with Gasteiger partial charge in [0.25, 0.3) is 0 Å². The van der Waals surface area contributed by atoms with Gasteiger partial charge >= 0.3 is 0 Å². The Hall–Kier alpha value is -2.11. The highest BCUT2D eigenvalue weighted by Gasteiger charge is 2.09. The van der Waals surface area contributed by atoms with E-state index in [0.29, 0.717) is 17.8 Å². The average Bonchev–Trinajstić information content (AvgIpc) is 2.51. The number of hydrogen-bond donors (Lipinski definition) is 2. The van der Waals surface area contributed by atoms with Crippen molar-refractivity contribution in [2.75, 3.05) is 30.4 Å². The van der Waals surface area contributed by atoms with Crippen LogP contribution in [-0.2, 0) is 11.2 Å². The number of amides is 1. The topological polar surface area (TPSA) is 52.6 Å². The third-order valence-electron chi connectivity index (χ3n) is 3.39. The molecule has 0 heterocycles. The van der Waals surface area contributed by atoms with Gasteiger partial charge in [0.1, 0.15) is 5.82 Å². The van der Waals surface area contributed by atoms with E-state index in [1.54, 1.807) is 12.1 Å². The molecule has 0 aromatic heterocycles. The quantitative estimate of drug-likeness (QED) is 0.852. The van der Waals surface area contributed by atoms with Gasteiger partial charge in [-0.25, -0.2) is 4.39 Å². The second-order valence-electron chi connectivity index (χ2n) is 5.15. The Bertz CT molecular complexity index is 677. The number of nitrogens with one attached hydrogen (secondary N) is 1. The van der Waals surface area contributed by atoms with Gasteiger partial charge in [-0.2, -0.15) is 0 Å². The number of benzene rings is 2. The molecule has 0 saturated carbocycles. The molecule has 2 aromatic carbocycles. The lowest BCUT2D eigenvalue weighted by atomic mass is 10.1. The SMILES string of the molecule is CN(CCO)c1ccc(NC(=O)Cc2ccc(F)cc2Cl)cc1. The Labute approximate surface area is 139 Å². The molecule has 0 radical (unpaired) electrons. The Morgan fingerprint density at radius 1 is 1.26 bits per heavy atom. The van der Waals surface area contributed by atoms with Crippen molar-refractivity contribution in [1.29, 1.82) is 0 Å². The lowest BCUT2D eigenvalue weighted by molar-refractivity contribution is -0.115. The van der Waals surface area contributed by atoms with Crippen LogP contribution in [-0.4, -0.2) is 31.2 Å². The first-order chi connectivity index (χ1) is 11.0. The fourth-order valence-electron chi connectivity index (χ4n) is 2.12. The molecule has 0 aliphatic rings. The number of aliphatic hydroxyl groups is 1. The second-order valence-corrected chi connectivity index (χ2v) is 5.56. The summed E-state index contributed by atoms with van der Waals surface area (Å²) in [6.45, 7) is 0.613. The second kappa shape index (κ2) is 7.94. The zero-order chi connectivity index (χ0) is 16.8. The van der Waals surface area contributed by atoms with E-state index >= 15 is 0 Å². The van der Waals surface area contributed by atoms with Crippen LogP contribution in [0.15, 0.2) is 42.5 Å². The molecule has 0 bridgehead atoms. The van der Waals surface area contributed by atoms with Crippen LogP contribution >= 0.6 is 11.6 Å². The summed E-state index contributed by atoms with van der Waals surface area (Å²) in [4.78, 5) is 13.9. The van der Waals surface area contributed by atoms with Gasteiger partial charge in [-0.05, 0) is 42.0 Å². The lowest BCUT2D eigenvalue weighted by Gasteiger charge is -2.18. The molecule has 122 valence electrons. The van der Waals surface area contributed by atoms with E-state index < -0.39 is 5.82 Å². The number of likely N-dealkylation sites (N-methyl/N-ethyl adjacent to an activating group) is 1. The molecule has 0 unspecified atom stereocenters. The summed E-state index contributed by atoms with van der Waals surface area (Å²) in [6, 6.07) is 11.3. The molecule has 0 spiro atoms. The van der Waals surface area contributed by atoms with Crippen LogP contribution in [0.4, 0.5) is 15.8 Å². The molecule has 0 aliphatic heterocycles. The highest BCUT2D eigenvalue weighted by atomic mass is 35.5. The number of hydrogen-bond acceptors (Lipinski definition) is 3. The van der Waals surface area contributed by atoms with Crippen molar-refractivity contribution >= 4 is 28.9 Å². The zero-order valence-electron chi connectivity index (χ0n) is 12.7. The minimum atomic E-state index is -0.429. The Balaban J connectivity index is 1.97. The maximum Gasteiger partial charge on any atom is 0.228 e. The molecule has 0 fully saturated rings. The van der Waals surface area contributed by atoms with Crippen molar-refractivity contribution in [3.63, 3.8) is 0 Å². The Morgan fingerprint density at radius 3 is 2.57 bits per heavy atom. The van der Waals surface area contributed by atoms with E-state index in [2.05, 4.69) is 5.32 Å². The normalized spacial score (nSPS) is 10.4. The molecular weight excluding hydrogens is 319 g/mol. The predicted molar refractivity (Wildman–Crippen MR) is 90.5 cm³/mol. The summed E-state index contributed by atoms with van der Waals surface area (Å²) in [5, 5.41) is 11.9. The lowest BCUT2D eigenvalue weighted by Crippen LogP contribution is -2.21. The van der Waals surface area contributed by atoms with Gasteiger partial charge in [-0.3, -0.25) is 4.79 Å². The number of anilines is 2. The molecule has 2 aromatic rings. The minimum absolute atomic E-state index is 0.0747. The Kier molecular flexibility index (Phi) is 5.96. The van der Waals surface area contributed by atoms with Crippen LogP contribution in [0.3, 0.4) is 0 Å². The smallest absolute Gasteiger partial charge is 0.228 e. The van der Waals surface area contributed by atoms with Crippen LogP contribution in [0.1, 0.15) is 5.56 Å².